The van der Waals surface area contributed by atoms with Crippen LogP contribution in [0.5, 0.6) is 0 Å². The first-order valence-corrected chi connectivity index (χ1v) is 8.17. The van der Waals surface area contributed by atoms with Gasteiger partial charge in [0.15, 0.2) is 5.96 Å². The predicted octanol–water partition coefficient (Wildman–Crippen LogP) is 1.96. The van der Waals surface area contributed by atoms with E-state index in [0.29, 0.717) is 5.92 Å². The van der Waals surface area contributed by atoms with Crippen molar-refractivity contribution in [2.45, 2.75) is 26.9 Å². The lowest BCUT2D eigenvalue weighted by Gasteiger charge is -2.23. The predicted molar refractivity (Wildman–Crippen MR) is 94.2 cm³/mol. The minimum Gasteiger partial charge on any atom is -0.357 e. The molecule has 0 saturated heterocycles. The molecule has 0 fully saturated rings. The van der Waals surface area contributed by atoms with Crippen LogP contribution in [0.15, 0.2) is 41.8 Å². The van der Waals surface area contributed by atoms with Crippen LogP contribution in [0.2, 0.25) is 0 Å². The van der Waals surface area contributed by atoms with Crippen molar-refractivity contribution in [3.63, 3.8) is 0 Å². The molecule has 126 valence electrons. The van der Waals surface area contributed by atoms with Crippen LogP contribution in [-0.4, -0.2) is 45.3 Å². The molecule has 0 aliphatic carbocycles. The van der Waals surface area contributed by atoms with Crippen molar-refractivity contribution >= 4 is 5.96 Å². The average molecular weight is 316 g/mol. The Kier molecular flexibility index (Phi) is 6.26. The van der Waals surface area contributed by atoms with Crippen LogP contribution in [-0.2, 0) is 20.1 Å². The number of nitrogens with one attached hydrogen (secondary N) is 1. The summed E-state index contributed by atoms with van der Waals surface area (Å²) in [4.78, 5) is 6.95. The Bertz CT molecular complexity index is 598. The van der Waals surface area contributed by atoms with E-state index in [2.05, 4.69) is 66.2 Å². The number of aryl methyl sites for hydroxylation is 1. The van der Waals surface area contributed by atoms with Gasteiger partial charge in [0.2, 0.25) is 0 Å². The van der Waals surface area contributed by atoms with Crippen molar-refractivity contribution in [1.29, 1.82) is 0 Å². The van der Waals surface area contributed by atoms with Crippen LogP contribution in [0.4, 0.5) is 0 Å². The molecule has 2 aromatic rings. The number of hydrogen-bond donors (Lipinski definition) is 1. The van der Waals surface area contributed by atoms with Gasteiger partial charge in [-0.1, -0.05) is 6.92 Å². The lowest BCUT2D eigenvalue weighted by molar-refractivity contribution is 0.439. The van der Waals surface area contributed by atoms with Crippen molar-refractivity contribution in [2.24, 2.45) is 18.0 Å². The number of rotatable bonds is 7. The Morgan fingerprint density at radius 2 is 2.22 bits per heavy atom. The molecule has 2 heterocycles. The number of hydrogen-bond acceptors (Lipinski definition) is 2. The lowest BCUT2D eigenvalue weighted by Crippen LogP contribution is -2.39. The molecule has 1 unspecified atom stereocenters. The number of nitrogens with zero attached hydrogens (tertiary/aromatic N) is 5. The van der Waals surface area contributed by atoms with Gasteiger partial charge < -0.3 is 14.8 Å². The zero-order valence-corrected chi connectivity index (χ0v) is 14.6. The quantitative estimate of drug-likeness (QED) is 0.627. The van der Waals surface area contributed by atoms with E-state index in [1.807, 2.05) is 23.1 Å². The maximum atomic E-state index is 4.79. The molecular formula is C17H28N6. The third kappa shape index (κ3) is 5.16. The summed E-state index contributed by atoms with van der Waals surface area (Å²) in [6, 6.07) is 6.16. The molecule has 1 N–H and O–H groups in total. The second kappa shape index (κ2) is 8.41. The highest BCUT2D eigenvalue weighted by molar-refractivity contribution is 5.79. The molecule has 23 heavy (non-hydrogen) atoms. The molecule has 0 radical (unpaired) electrons. The molecule has 0 amide bonds. The molecule has 6 heteroatoms. The van der Waals surface area contributed by atoms with E-state index < -0.39 is 0 Å². The zero-order valence-electron chi connectivity index (χ0n) is 14.6. The average Bonchev–Trinajstić information content (AvgIpc) is 3.16. The van der Waals surface area contributed by atoms with Crippen molar-refractivity contribution < 1.29 is 0 Å². The lowest BCUT2D eigenvalue weighted by atomic mass is 10.2. The van der Waals surface area contributed by atoms with E-state index in [-0.39, 0.29) is 0 Å². The van der Waals surface area contributed by atoms with Crippen LogP contribution >= 0.6 is 0 Å². The Labute approximate surface area is 138 Å². The maximum Gasteiger partial charge on any atom is 0.194 e. The third-order valence-corrected chi connectivity index (χ3v) is 3.76. The van der Waals surface area contributed by atoms with Crippen LogP contribution in [0, 0.1) is 5.92 Å². The Morgan fingerprint density at radius 1 is 1.39 bits per heavy atom. The van der Waals surface area contributed by atoms with E-state index in [1.165, 1.54) is 5.69 Å². The highest BCUT2D eigenvalue weighted by Crippen LogP contribution is 2.05. The summed E-state index contributed by atoms with van der Waals surface area (Å²) >= 11 is 0. The Hall–Kier alpha value is -2.24. The number of aliphatic imine (C=N–C) groups is 1. The molecule has 0 saturated carbocycles. The molecule has 6 nitrogen and oxygen atoms in total. The fourth-order valence-electron chi connectivity index (χ4n) is 2.48. The van der Waals surface area contributed by atoms with Gasteiger partial charge in [0, 0.05) is 58.0 Å². The van der Waals surface area contributed by atoms with Gasteiger partial charge in [-0.25, -0.2) is 0 Å². The summed E-state index contributed by atoms with van der Waals surface area (Å²) in [6.07, 6.45) is 5.88. The van der Waals surface area contributed by atoms with Gasteiger partial charge in [0.05, 0.1) is 6.54 Å². The van der Waals surface area contributed by atoms with Crippen molar-refractivity contribution in [1.82, 2.24) is 24.6 Å². The van der Waals surface area contributed by atoms with E-state index in [9.17, 15) is 0 Å². The van der Waals surface area contributed by atoms with Crippen LogP contribution < -0.4 is 5.32 Å². The number of guanidine groups is 1. The van der Waals surface area contributed by atoms with Gasteiger partial charge in [-0.3, -0.25) is 9.67 Å². The standard InChI is InChI=1S/C17H28N6/c1-5-18-17(22(4)14-16-8-6-10-21(16)3)19-12-15(2)13-23-11-7-9-20-23/h6-11,15H,5,12-14H2,1-4H3,(H,18,19). The first kappa shape index (κ1) is 17.1. The van der Waals surface area contributed by atoms with E-state index in [1.54, 1.807) is 0 Å². The van der Waals surface area contributed by atoms with Gasteiger partial charge in [-0.15, -0.1) is 0 Å². The molecular weight excluding hydrogens is 288 g/mol. The van der Waals surface area contributed by atoms with E-state index in [0.717, 1.165) is 32.1 Å². The molecule has 0 spiro atoms. The third-order valence-electron chi connectivity index (χ3n) is 3.76. The summed E-state index contributed by atoms with van der Waals surface area (Å²) < 4.78 is 4.10. The molecule has 1 atom stereocenters. The second-order valence-electron chi connectivity index (χ2n) is 5.99. The normalized spacial score (nSPS) is 13.1. The number of aromatic nitrogens is 3. The molecule has 0 aromatic carbocycles. The van der Waals surface area contributed by atoms with Gasteiger partial charge in [0.1, 0.15) is 0 Å². The molecule has 0 bridgehead atoms. The summed E-state index contributed by atoms with van der Waals surface area (Å²) in [5.41, 5.74) is 1.27. The Balaban J connectivity index is 1.94. The minimum atomic E-state index is 0.437. The minimum absolute atomic E-state index is 0.437. The first-order valence-electron chi connectivity index (χ1n) is 8.17. The van der Waals surface area contributed by atoms with Gasteiger partial charge in [0.25, 0.3) is 0 Å². The summed E-state index contributed by atoms with van der Waals surface area (Å²) in [7, 11) is 4.14. The smallest absolute Gasteiger partial charge is 0.194 e. The highest BCUT2D eigenvalue weighted by Gasteiger charge is 2.09. The first-order chi connectivity index (χ1) is 11.1. The fourth-order valence-corrected chi connectivity index (χ4v) is 2.48. The topological polar surface area (TPSA) is 50.4 Å². The Morgan fingerprint density at radius 3 is 2.83 bits per heavy atom. The van der Waals surface area contributed by atoms with Crippen molar-refractivity contribution in [3.05, 3.63) is 42.5 Å². The highest BCUT2D eigenvalue weighted by atomic mass is 15.3. The largest absolute Gasteiger partial charge is 0.357 e. The second-order valence-corrected chi connectivity index (χ2v) is 5.99. The van der Waals surface area contributed by atoms with Crippen molar-refractivity contribution in [2.75, 3.05) is 20.1 Å². The van der Waals surface area contributed by atoms with Crippen LogP contribution in [0.1, 0.15) is 19.5 Å². The summed E-state index contributed by atoms with van der Waals surface area (Å²) in [5, 5.41) is 7.63. The summed E-state index contributed by atoms with van der Waals surface area (Å²) in [6.45, 7) is 7.66. The van der Waals surface area contributed by atoms with Gasteiger partial charge in [-0.05, 0) is 31.0 Å². The molecule has 0 aliphatic heterocycles. The monoisotopic (exact) mass is 316 g/mol. The fraction of sp³-hybridized carbons (Fsp3) is 0.529. The maximum absolute atomic E-state index is 4.79. The van der Waals surface area contributed by atoms with E-state index in [4.69, 9.17) is 4.99 Å². The summed E-state index contributed by atoms with van der Waals surface area (Å²) in [5.74, 6) is 1.38. The van der Waals surface area contributed by atoms with Gasteiger partial charge >= 0.3 is 0 Å². The van der Waals surface area contributed by atoms with Crippen LogP contribution in [0.3, 0.4) is 0 Å². The van der Waals surface area contributed by atoms with E-state index >= 15 is 0 Å². The van der Waals surface area contributed by atoms with Gasteiger partial charge in [-0.2, -0.15) is 5.10 Å². The SMILES string of the molecule is CCNC(=NCC(C)Cn1cccn1)N(C)Cc1cccn1C. The molecule has 2 rings (SSSR count). The zero-order chi connectivity index (χ0) is 16.7. The van der Waals surface area contributed by atoms with Crippen LogP contribution in [0.25, 0.3) is 0 Å². The molecule has 0 aliphatic rings. The van der Waals surface area contributed by atoms with Crippen molar-refractivity contribution in [3.8, 4) is 0 Å². The molecule has 2 aromatic heterocycles.